The zero-order valence-corrected chi connectivity index (χ0v) is 15.1. The molecule has 0 radical (unpaired) electrons. The Morgan fingerprint density at radius 3 is 2.26 bits per heavy atom. The molecule has 5 rings (SSSR count). The lowest BCUT2D eigenvalue weighted by Gasteiger charge is -2.14. The molecule has 1 heterocycles. The summed E-state index contributed by atoms with van der Waals surface area (Å²) in [5.74, 6) is 3.05. The van der Waals surface area contributed by atoms with Crippen LogP contribution < -0.4 is 18.9 Å². The van der Waals surface area contributed by atoms with Gasteiger partial charge in [0.2, 0.25) is 6.79 Å². The molecule has 27 heavy (non-hydrogen) atoms. The van der Waals surface area contributed by atoms with Crippen LogP contribution in [-0.4, -0.2) is 21.0 Å². The number of methoxy groups -OCH3 is 2. The van der Waals surface area contributed by atoms with Crippen molar-refractivity contribution in [2.75, 3.05) is 21.0 Å². The van der Waals surface area contributed by atoms with Crippen molar-refractivity contribution >= 4 is 21.5 Å². The standard InChI is InChI=1S/C23H18O4/c1-24-21-11-14-5-3-6-16(19(14)12-22(21)25-2)15-7-4-8-18-17(15)9-10-20-23(18)27-13-26-20/h3-12H,13H2,1-2H3. The summed E-state index contributed by atoms with van der Waals surface area (Å²) in [6.45, 7) is 0.268. The second kappa shape index (κ2) is 6.09. The van der Waals surface area contributed by atoms with E-state index in [0.29, 0.717) is 0 Å². The van der Waals surface area contributed by atoms with Crippen LogP contribution in [0.5, 0.6) is 23.0 Å². The predicted molar refractivity (Wildman–Crippen MR) is 106 cm³/mol. The van der Waals surface area contributed by atoms with Crippen LogP contribution in [0.15, 0.2) is 60.7 Å². The van der Waals surface area contributed by atoms with Gasteiger partial charge < -0.3 is 18.9 Å². The van der Waals surface area contributed by atoms with E-state index in [4.69, 9.17) is 18.9 Å². The Morgan fingerprint density at radius 2 is 1.44 bits per heavy atom. The molecule has 0 spiro atoms. The summed E-state index contributed by atoms with van der Waals surface area (Å²) in [5, 5.41) is 4.40. The Labute approximate surface area is 156 Å². The third-order valence-electron chi connectivity index (χ3n) is 5.07. The summed E-state index contributed by atoms with van der Waals surface area (Å²) in [7, 11) is 3.31. The molecule has 134 valence electrons. The molecule has 4 aromatic rings. The summed E-state index contributed by atoms with van der Waals surface area (Å²) in [6.07, 6.45) is 0. The van der Waals surface area contributed by atoms with Crippen molar-refractivity contribution in [3.63, 3.8) is 0 Å². The molecular weight excluding hydrogens is 340 g/mol. The van der Waals surface area contributed by atoms with Crippen LogP contribution >= 0.6 is 0 Å². The minimum absolute atomic E-state index is 0.268. The smallest absolute Gasteiger partial charge is 0.231 e. The fourth-order valence-electron chi connectivity index (χ4n) is 3.80. The molecule has 1 aliphatic rings. The van der Waals surface area contributed by atoms with Crippen LogP contribution in [0.3, 0.4) is 0 Å². The van der Waals surface area contributed by atoms with E-state index in [1.165, 1.54) is 0 Å². The van der Waals surface area contributed by atoms with Crippen molar-refractivity contribution < 1.29 is 18.9 Å². The zero-order valence-electron chi connectivity index (χ0n) is 15.1. The SMILES string of the molecule is COc1cc2cccc(-c3cccc4c5c(ccc34)OCO5)c2cc1OC. The van der Waals surface area contributed by atoms with Gasteiger partial charge in [-0.25, -0.2) is 0 Å². The fraction of sp³-hybridized carbons (Fsp3) is 0.130. The second-order valence-electron chi connectivity index (χ2n) is 6.43. The van der Waals surface area contributed by atoms with Crippen LogP contribution in [0.4, 0.5) is 0 Å². The maximum Gasteiger partial charge on any atom is 0.231 e. The van der Waals surface area contributed by atoms with Crippen molar-refractivity contribution in [3.05, 3.63) is 60.7 Å². The minimum atomic E-state index is 0.268. The van der Waals surface area contributed by atoms with Crippen molar-refractivity contribution in [2.45, 2.75) is 0 Å². The first kappa shape index (κ1) is 15.8. The van der Waals surface area contributed by atoms with Crippen molar-refractivity contribution in [1.82, 2.24) is 0 Å². The van der Waals surface area contributed by atoms with Crippen LogP contribution in [0, 0.1) is 0 Å². The van der Waals surface area contributed by atoms with Gasteiger partial charge in [0.1, 0.15) is 0 Å². The normalized spacial score (nSPS) is 12.5. The van der Waals surface area contributed by atoms with Crippen LogP contribution in [0.1, 0.15) is 0 Å². The summed E-state index contributed by atoms with van der Waals surface area (Å²) in [4.78, 5) is 0. The predicted octanol–water partition coefficient (Wildman–Crippen LogP) is 5.41. The maximum absolute atomic E-state index is 5.70. The van der Waals surface area contributed by atoms with Gasteiger partial charge in [0.15, 0.2) is 23.0 Å². The molecule has 0 amide bonds. The highest BCUT2D eigenvalue weighted by molar-refractivity contribution is 6.08. The van der Waals surface area contributed by atoms with Crippen LogP contribution in [-0.2, 0) is 0 Å². The molecule has 0 atom stereocenters. The Bertz CT molecular complexity index is 1180. The molecule has 0 unspecified atom stereocenters. The number of rotatable bonds is 3. The molecule has 0 fully saturated rings. The van der Waals surface area contributed by atoms with Gasteiger partial charge in [-0.2, -0.15) is 0 Å². The van der Waals surface area contributed by atoms with Crippen LogP contribution in [0.25, 0.3) is 32.7 Å². The summed E-state index contributed by atoms with van der Waals surface area (Å²) in [6, 6.07) is 20.7. The second-order valence-corrected chi connectivity index (χ2v) is 6.43. The largest absolute Gasteiger partial charge is 0.493 e. The molecule has 0 saturated heterocycles. The Hall–Kier alpha value is -3.40. The lowest BCUT2D eigenvalue weighted by atomic mass is 9.93. The molecular formula is C23H18O4. The van der Waals surface area contributed by atoms with Gasteiger partial charge in [-0.05, 0) is 51.6 Å². The van der Waals surface area contributed by atoms with E-state index in [1.54, 1.807) is 14.2 Å². The van der Waals surface area contributed by atoms with Crippen molar-refractivity contribution in [3.8, 4) is 34.1 Å². The average Bonchev–Trinajstić information content (AvgIpc) is 3.21. The van der Waals surface area contributed by atoms with E-state index in [0.717, 1.165) is 55.7 Å². The molecule has 4 heteroatoms. The highest BCUT2D eigenvalue weighted by Crippen LogP contribution is 2.44. The fourth-order valence-corrected chi connectivity index (χ4v) is 3.80. The van der Waals surface area contributed by atoms with Gasteiger partial charge in [0.05, 0.1) is 14.2 Å². The Morgan fingerprint density at radius 1 is 0.704 bits per heavy atom. The van der Waals surface area contributed by atoms with E-state index in [1.807, 2.05) is 18.2 Å². The van der Waals surface area contributed by atoms with Gasteiger partial charge in [-0.1, -0.05) is 36.4 Å². The number of benzene rings is 4. The van der Waals surface area contributed by atoms with Crippen molar-refractivity contribution in [2.24, 2.45) is 0 Å². The summed E-state index contributed by atoms with van der Waals surface area (Å²) in [5.41, 5.74) is 2.28. The lowest BCUT2D eigenvalue weighted by Crippen LogP contribution is -1.93. The van der Waals surface area contributed by atoms with E-state index in [-0.39, 0.29) is 6.79 Å². The highest BCUT2D eigenvalue weighted by atomic mass is 16.7. The number of fused-ring (bicyclic) bond motifs is 4. The molecule has 1 aliphatic heterocycles. The summed E-state index contributed by atoms with van der Waals surface area (Å²) < 4.78 is 22.2. The Kier molecular flexibility index (Phi) is 3.57. The molecule has 0 aliphatic carbocycles. The molecule has 0 N–H and O–H groups in total. The van der Waals surface area contributed by atoms with Gasteiger partial charge in [0, 0.05) is 5.39 Å². The third-order valence-corrected chi connectivity index (χ3v) is 5.07. The van der Waals surface area contributed by atoms with Crippen molar-refractivity contribution in [1.29, 1.82) is 0 Å². The minimum Gasteiger partial charge on any atom is -0.493 e. The first-order chi connectivity index (χ1) is 13.3. The van der Waals surface area contributed by atoms with E-state index in [2.05, 4.69) is 42.5 Å². The quantitative estimate of drug-likeness (QED) is 0.491. The third kappa shape index (κ3) is 2.37. The molecule has 0 saturated carbocycles. The maximum atomic E-state index is 5.70. The summed E-state index contributed by atoms with van der Waals surface area (Å²) >= 11 is 0. The van der Waals surface area contributed by atoms with E-state index in [9.17, 15) is 0 Å². The van der Waals surface area contributed by atoms with E-state index < -0.39 is 0 Å². The van der Waals surface area contributed by atoms with Gasteiger partial charge in [-0.3, -0.25) is 0 Å². The van der Waals surface area contributed by atoms with Gasteiger partial charge in [-0.15, -0.1) is 0 Å². The molecule has 0 bridgehead atoms. The first-order valence-corrected chi connectivity index (χ1v) is 8.76. The van der Waals surface area contributed by atoms with E-state index >= 15 is 0 Å². The monoisotopic (exact) mass is 358 g/mol. The zero-order chi connectivity index (χ0) is 18.4. The number of hydrogen-bond acceptors (Lipinski definition) is 4. The molecule has 0 aromatic heterocycles. The van der Waals surface area contributed by atoms with Gasteiger partial charge >= 0.3 is 0 Å². The number of ether oxygens (including phenoxy) is 4. The topological polar surface area (TPSA) is 36.9 Å². The Balaban J connectivity index is 1.81. The van der Waals surface area contributed by atoms with Gasteiger partial charge in [0.25, 0.3) is 0 Å². The average molecular weight is 358 g/mol. The first-order valence-electron chi connectivity index (χ1n) is 8.76. The molecule has 4 aromatic carbocycles. The highest BCUT2D eigenvalue weighted by Gasteiger charge is 2.19. The van der Waals surface area contributed by atoms with Crippen LogP contribution in [0.2, 0.25) is 0 Å². The number of hydrogen-bond donors (Lipinski definition) is 0. The lowest BCUT2D eigenvalue weighted by molar-refractivity contribution is 0.175. The molecule has 4 nitrogen and oxygen atoms in total.